The standard InChI is InChI=1S/C16H20FN3/c1-4-6-18-15(16-19-7-5-8-20-16)14-12(3)9-11(2)10-13(14)17/h5,7-10,15,18H,4,6H2,1-3H3. The molecule has 0 amide bonds. The Morgan fingerprint density at radius 1 is 1.20 bits per heavy atom. The molecular formula is C16H20FN3. The van der Waals surface area contributed by atoms with Gasteiger partial charge in [0.15, 0.2) is 0 Å². The molecule has 0 saturated carbocycles. The molecule has 1 aromatic carbocycles. The minimum Gasteiger partial charge on any atom is -0.304 e. The van der Waals surface area contributed by atoms with Gasteiger partial charge in [-0.25, -0.2) is 14.4 Å². The van der Waals surface area contributed by atoms with Crippen molar-refractivity contribution in [3.8, 4) is 0 Å². The van der Waals surface area contributed by atoms with Crippen LogP contribution in [0.5, 0.6) is 0 Å². The number of hydrogen-bond acceptors (Lipinski definition) is 3. The van der Waals surface area contributed by atoms with Gasteiger partial charge in [-0.1, -0.05) is 13.0 Å². The maximum atomic E-state index is 14.4. The monoisotopic (exact) mass is 273 g/mol. The van der Waals surface area contributed by atoms with Crippen LogP contribution in [0.4, 0.5) is 4.39 Å². The highest BCUT2D eigenvalue weighted by atomic mass is 19.1. The summed E-state index contributed by atoms with van der Waals surface area (Å²) >= 11 is 0. The largest absolute Gasteiger partial charge is 0.304 e. The van der Waals surface area contributed by atoms with Gasteiger partial charge in [0.2, 0.25) is 0 Å². The van der Waals surface area contributed by atoms with Crippen LogP contribution in [-0.2, 0) is 0 Å². The average molecular weight is 273 g/mol. The Balaban J connectivity index is 2.47. The van der Waals surface area contributed by atoms with Crippen LogP contribution in [-0.4, -0.2) is 16.5 Å². The summed E-state index contributed by atoms with van der Waals surface area (Å²) in [7, 11) is 0. The zero-order chi connectivity index (χ0) is 14.5. The topological polar surface area (TPSA) is 37.8 Å². The van der Waals surface area contributed by atoms with Gasteiger partial charge in [-0.2, -0.15) is 0 Å². The Morgan fingerprint density at radius 3 is 2.50 bits per heavy atom. The number of nitrogens with zero attached hydrogens (tertiary/aromatic N) is 2. The summed E-state index contributed by atoms with van der Waals surface area (Å²) in [5, 5.41) is 3.34. The molecule has 0 aliphatic heterocycles. The van der Waals surface area contributed by atoms with Gasteiger partial charge < -0.3 is 5.32 Å². The molecule has 4 heteroatoms. The first-order valence-corrected chi connectivity index (χ1v) is 6.90. The van der Waals surface area contributed by atoms with E-state index in [1.807, 2.05) is 19.9 Å². The first-order valence-electron chi connectivity index (χ1n) is 6.90. The Labute approximate surface area is 119 Å². The van der Waals surface area contributed by atoms with E-state index in [1.54, 1.807) is 24.5 Å². The Bertz CT molecular complexity index is 546. The predicted molar refractivity (Wildman–Crippen MR) is 78.0 cm³/mol. The van der Waals surface area contributed by atoms with Crippen molar-refractivity contribution in [2.24, 2.45) is 0 Å². The Kier molecular flexibility index (Phi) is 4.79. The van der Waals surface area contributed by atoms with Crippen LogP contribution in [0.1, 0.15) is 41.9 Å². The van der Waals surface area contributed by atoms with Crippen LogP contribution in [0.3, 0.4) is 0 Å². The van der Waals surface area contributed by atoms with Crippen molar-refractivity contribution in [3.05, 3.63) is 58.9 Å². The van der Waals surface area contributed by atoms with Gasteiger partial charge in [-0.05, 0) is 50.1 Å². The second kappa shape index (κ2) is 6.57. The van der Waals surface area contributed by atoms with E-state index in [2.05, 4.69) is 22.2 Å². The third kappa shape index (κ3) is 3.20. The number of nitrogens with one attached hydrogen (secondary N) is 1. The lowest BCUT2D eigenvalue weighted by Crippen LogP contribution is -2.26. The fourth-order valence-electron chi connectivity index (χ4n) is 2.36. The molecule has 3 nitrogen and oxygen atoms in total. The fraction of sp³-hybridized carbons (Fsp3) is 0.375. The van der Waals surface area contributed by atoms with Crippen molar-refractivity contribution in [2.45, 2.75) is 33.2 Å². The summed E-state index contributed by atoms with van der Waals surface area (Å²) in [4.78, 5) is 8.55. The van der Waals surface area contributed by atoms with E-state index in [9.17, 15) is 4.39 Å². The molecule has 0 saturated heterocycles. The smallest absolute Gasteiger partial charge is 0.149 e. The number of aromatic nitrogens is 2. The molecule has 2 aromatic rings. The summed E-state index contributed by atoms with van der Waals surface area (Å²) in [5.74, 6) is 0.398. The highest BCUT2D eigenvalue weighted by Crippen LogP contribution is 2.26. The summed E-state index contributed by atoms with van der Waals surface area (Å²) in [6.07, 6.45) is 4.34. The molecule has 0 spiro atoms. The average Bonchev–Trinajstić information content (AvgIpc) is 2.42. The van der Waals surface area contributed by atoms with Gasteiger partial charge in [0, 0.05) is 18.0 Å². The number of hydrogen-bond donors (Lipinski definition) is 1. The minimum absolute atomic E-state index is 0.205. The number of rotatable bonds is 5. The summed E-state index contributed by atoms with van der Waals surface area (Å²) in [6.45, 7) is 6.69. The van der Waals surface area contributed by atoms with Gasteiger partial charge in [-0.15, -0.1) is 0 Å². The van der Waals surface area contributed by atoms with Crippen LogP contribution >= 0.6 is 0 Å². The molecule has 0 aliphatic rings. The molecule has 1 heterocycles. The van der Waals surface area contributed by atoms with Gasteiger partial charge in [-0.3, -0.25) is 0 Å². The maximum Gasteiger partial charge on any atom is 0.149 e. The number of halogens is 1. The van der Waals surface area contributed by atoms with E-state index in [-0.39, 0.29) is 11.9 Å². The SMILES string of the molecule is CCCNC(c1ncccn1)c1c(C)cc(C)cc1F. The lowest BCUT2D eigenvalue weighted by atomic mass is 9.97. The van der Waals surface area contributed by atoms with Gasteiger partial charge in [0.05, 0.1) is 6.04 Å². The van der Waals surface area contributed by atoms with Crippen molar-refractivity contribution in [1.82, 2.24) is 15.3 Å². The summed E-state index contributed by atoms with van der Waals surface area (Å²) in [6, 6.07) is 5.00. The number of aryl methyl sites for hydroxylation is 2. The van der Waals surface area contributed by atoms with E-state index in [0.29, 0.717) is 11.4 Å². The second-order valence-electron chi connectivity index (χ2n) is 4.97. The van der Waals surface area contributed by atoms with Crippen molar-refractivity contribution in [1.29, 1.82) is 0 Å². The van der Waals surface area contributed by atoms with Crippen molar-refractivity contribution < 1.29 is 4.39 Å². The molecule has 0 aliphatic carbocycles. The molecule has 0 radical (unpaired) electrons. The third-order valence-corrected chi connectivity index (χ3v) is 3.21. The molecule has 0 fully saturated rings. The third-order valence-electron chi connectivity index (χ3n) is 3.21. The van der Waals surface area contributed by atoms with Gasteiger partial charge in [0.1, 0.15) is 11.6 Å². The highest BCUT2D eigenvalue weighted by Gasteiger charge is 2.22. The number of benzene rings is 1. The zero-order valence-corrected chi connectivity index (χ0v) is 12.2. The molecule has 1 aromatic heterocycles. The van der Waals surface area contributed by atoms with Gasteiger partial charge in [0.25, 0.3) is 0 Å². The molecule has 1 atom stereocenters. The van der Waals surface area contributed by atoms with E-state index < -0.39 is 0 Å². The minimum atomic E-state index is -0.309. The maximum absolute atomic E-state index is 14.4. The zero-order valence-electron chi connectivity index (χ0n) is 12.2. The normalized spacial score (nSPS) is 12.4. The predicted octanol–water partition coefficient (Wildman–Crippen LogP) is 3.32. The van der Waals surface area contributed by atoms with Crippen LogP contribution in [0.2, 0.25) is 0 Å². The lowest BCUT2D eigenvalue weighted by Gasteiger charge is -2.20. The molecular weight excluding hydrogens is 253 g/mol. The van der Waals surface area contributed by atoms with Crippen LogP contribution < -0.4 is 5.32 Å². The van der Waals surface area contributed by atoms with E-state index >= 15 is 0 Å². The lowest BCUT2D eigenvalue weighted by molar-refractivity contribution is 0.526. The Morgan fingerprint density at radius 2 is 1.90 bits per heavy atom. The van der Waals surface area contributed by atoms with Crippen molar-refractivity contribution in [3.63, 3.8) is 0 Å². The summed E-state index contributed by atoms with van der Waals surface area (Å²) < 4.78 is 14.4. The van der Waals surface area contributed by atoms with Crippen LogP contribution in [0.25, 0.3) is 0 Å². The highest BCUT2D eigenvalue weighted by molar-refractivity contribution is 5.37. The molecule has 2 rings (SSSR count). The first kappa shape index (κ1) is 14.6. The fourth-order valence-corrected chi connectivity index (χ4v) is 2.36. The Hall–Kier alpha value is -1.81. The molecule has 1 N–H and O–H groups in total. The first-order chi connectivity index (χ1) is 9.63. The quantitative estimate of drug-likeness (QED) is 0.908. The van der Waals surface area contributed by atoms with Crippen LogP contribution in [0.15, 0.2) is 30.6 Å². The summed E-state index contributed by atoms with van der Waals surface area (Å²) in [5.41, 5.74) is 2.48. The van der Waals surface area contributed by atoms with Crippen molar-refractivity contribution >= 4 is 0 Å². The van der Waals surface area contributed by atoms with Crippen LogP contribution in [0, 0.1) is 19.7 Å². The molecule has 20 heavy (non-hydrogen) atoms. The molecule has 0 bridgehead atoms. The van der Waals surface area contributed by atoms with E-state index in [1.165, 1.54) is 0 Å². The molecule has 1 unspecified atom stereocenters. The second-order valence-corrected chi connectivity index (χ2v) is 4.97. The van der Waals surface area contributed by atoms with E-state index in [0.717, 1.165) is 24.1 Å². The van der Waals surface area contributed by atoms with Gasteiger partial charge >= 0.3 is 0 Å². The van der Waals surface area contributed by atoms with Crippen molar-refractivity contribution in [2.75, 3.05) is 6.54 Å². The van der Waals surface area contributed by atoms with E-state index in [4.69, 9.17) is 0 Å². The molecule has 106 valence electrons.